The van der Waals surface area contributed by atoms with Crippen molar-refractivity contribution in [2.75, 3.05) is 13.2 Å². The fourth-order valence-corrected chi connectivity index (χ4v) is 2.58. The normalized spacial score (nSPS) is 17.4. The third kappa shape index (κ3) is 2.24. The highest BCUT2D eigenvalue weighted by Crippen LogP contribution is 2.29. The summed E-state index contributed by atoms with van der Waals surface area (Å²) in [6.45, 7) is 5.09. The number of ether oxygens (including phenoxy) is 1. The zero-order valence-electron chi connectivity index (χ0n) is 12.1. The molecule has 0 bridgehead atoms. The lowest BCUT2D eigenvalue weighted by Crippen LogP contribution is -2.33. The van der Waals surface area contributed by atoms with E-state index in [0.29, 0.717) is 31.1 Å². The SMILES string of the molecule is CCOc1cccnc1-n1nnc2c1CCN(C=O)C2C. The first-order valence-corrected chi connectivity index (χ1v) is 7.00. The van der Waals surface area contributed by atoms with Gasteiger partial charge in [-0.15, -0.1) is 5.10 Å². The molecule has 0 fully saturated rings. The number of nitrogens with zero attached hydrogens (tertiary/aromatic N) is 5. The number of hydrogen-bond acceptors (Lipinski definition) is 5. The Morgan fingerprint density at radius 3 is 3.14 bits per heavy atom. The van der Waals surface area contributed by atoms with E-state index in [4.69, 9.17) is 4.74 Å². The highest BCUT2D eigenvalue weighted by molar-refractivity contribution is 5.50. The van der Waals surface area contributed by atoms with Gasteiger partial charge >= 0.3 is 0 Å². The van der Waals surface area contributed by atoms with Gasteiger partial charge in [0.15, 0.2) is 11.6 Å². The molecule has 1 aliphatic rings. The summed E-state index contributed by atoms with van der Waals surface area (Å²) in [7, 11) is 0. The molecule has 0 saturated carbocycles. The zero-order valence-corrected chi connectivity index (χ0v) is 12.1. The van der Waals surface area contributed by atoms with Gasteiger partial charge in [-0.25, -0.2) is 4.98 Å². The minimum Gasteiger partial charge on any atom is -0.490 e. The Bertz CT molecular complexity index is 655. The summed E-state index contributed by atoms with van der Waals surface area (Å²) in [6.07, 6.45) is 3.27. The Morgan fingerprint density at radius 2 is 2.38 bits per heavy atom. The minimum atomic E-state index is -0.0701. The fourth-order valence-electron chi connectivity index (χ4n) is 2.58. The van der Waals surface area contributed by atoms with Gasteiger partial charge in [0.25, 0.3) is 0 Å². The number of rotatable bonds is 4. The minimum absolute atomic E-state index is 0.0701. The molecule has 0 radical (unpaired) electrons. The van der Waals surface area contributed by atoms with E-state index < -0.39 is 0 Å². The highest BCUT2D eigenvalue weighted by atomic mass is 16.5. The van der Waals surface area contributed by atoms with Crippen molar-refractivity contribution in [3.8, 4) is 11.6 Å². The molecule has 2 aromatic rings. The van der Waals surface area contributed by atoms with Gasteiger partial charge in [0.2, 0.25) is 6.41 Å². The van der Waals surface area contributed by atoms with Crippen molar-refractivity contribution in [2.24, 2.45) is 0 Å². The molecule has 1 unspecified atom stereocenters. The summed E-state index contributed by atoms with van der Waals surface area (Å²) in [6, 6.07) is 3.62. The molecule has 1 atom stereocenters. The lowest BCUT2D eigenvalue weighted by molar-refractivity contribution is -0.120. The first kappa shape index (κ1) is 13.5. The quantitative estimate of drug-likeness (QED) is 0.788. The van der Waals surface area contributed by atoms with E-state index in [1.54, 1.807) is 15.8 Å². The topological polar surface area (TPSA) is 73.1 Å². The Kier molecular flexibility index (Phi) is 3.55. The summed E-state index contributed by atoms with van der Waals surface area (Å²) in [5.41, 5.74) is 1.81. The number of pyridine rings is 1. The van der Waals surface area contributed by atoms with E-state index in [0.717, 1.165) is 17.8 Å². The third-order valence-corrected chi connectivity index (χ3v) is 3.68. The molecule has 0 spiro atoms. The maximum absolute atomic E-state index is 11.0. The van der Waals surface area contributed by atoms with Gasteiger partial charge in [0.05, 0.1) is 18.3 Å². The van der Waals surface area contributed by atoms with Gasteiger partial charge in [-0.3, -0.25) is 4.79 Å². The molecule has 7 nitrogen and oxygen atoms in total. The van der Waals surface area contributed by atoms with Crippen LogP contribution in [0, 0.1) is 0 Å². The van der Waals surface area contributed by atoms with Crippen LogP contribution in [0.2, 0.25) is 0 Å². The molecule has 2 aromatic heterocycles. The summed E-state index contributed by atoms with van der Waals surface area (Å²) < 4.78 is 7.32. The number of aromatic nitrogens is 4. The molecule has 1 amide bonds. The van der Waals surface area contributed by atoms with E-state index in [2.05, 4.69) is 15.3 Å². The molecule has 21 heavy (non-hydrogen) atoms. The van der Waals surface area contributed by atoms with E-state index >= 15 is 0 Å². The molecule has 1 aliphatic heterocycles. The first-order valence-electron chi connectivity index (χ1n) is 7.00. The molecule has 0 N–H and O–H groups in total. The average Bonchev–Trinajstić information content (AvgIpc) is 2.93. The summed E-state index contributed by atoms with van der Waals surface area (Å²) >= 11 is 0. The predicted molar refractivity (Wildman–Crippen MR) is 75.2 cm³/mol. The molecule has 3 rings (SSSR count). The van der Waals surface area contributed by atoms with Crippen molar-refractivity contribution in [1.29, 1.82) is 0 Å². The highest BCUT2D eigenvalue weighted by Gasteiger charge is 2.29. The number of carbonyl (C=O) groups is 1. The molecule has 0 aliphatic carbocycles. The molecule has 0 saturated heterocycles. The summed E-state index contributed by atoms with van der Waals surface area (Å²) in [5, 5.41) is 8.44. The number of amides is 1. The van der Waals surface area contributed by atoms with Gasteiger partial charge in [-0.1, -0.05) is 5.21 Å². The van der Waals surface area contributed by atoms with Crippen molar-refractivity contribution in [3.63, 3.8) is 0 Å². The van der Waals surface area contributed by atoms with Crippen LogP contribution in [-0.4, -0.2) is 44.4 Å². The van der Waals surface area contributed by atoms with Crippen molar-refractivity contribution < 1.29 is 9.53 Å². The maximum atomic E-state index is 11.0. The van der Waals surface area contributed by atoms with Crippen molar-refractivity contribution in [1.82, 2.24) is 24.9 Å². The second-order valence-corrected chi connectivity index (χ2v) is 4.86. The maximum Gasteiger partial charge on any atom is 0.210 e. The van der Waals surface area contributed by atoms with E-state index in [1.807, 2.05) is 26.0 Å². The van der Waals surface area contributed by atoms with Crippen molar-refractivity contribution >= 4 is 6.41 Å². The zero-order chi connectivity index (χ0) is 14.8. The van der Waals surface area contributed by atoms with E-state index in [1.165, 1.54) is 0 Å². The van der Waals surface area contributed by atoms with Crippen LogP contribution in [0.3, 0.4) is 0 Å². The van der Waals surface area contributed by atoms with Crippen LogP contribution >= 0.6 is 0 Å². The van der Waals surface area contributed by atoms with Crippen LogP contribution < -0.4 is 4.74 Å². The smallest absolute Gasteiger partial charge is 0.210 e. The van der Waals surface area contributed by atoms with Gasteiger partial charge in [-0.05, 0) is 26.0 Å². The summed E-state index contributed by atoms with van der Waals surface area (Å²) in [5.74, 6) is 1.32. The van der Waals surface area contributed by atoms with Crippen molar-refractivity contribution in [2.45, 2.75) is 26.3 Å². The molecule has 110 valence electrons. The van der Waals surface area contributed by atoms with Crippen LogP contribution in [0.5, 0.6) is 5.75 Å². The number of carbonyl (C=O) groups excluding carboxylic acids is 1. The second kappa shape index (κ2) is 5.51. The van der Waals surface area contributed by atoms with Crippen molar-refractivity contribution in [3.05, 3.63) is 29.7 Å². The Hall–Kier alpha value is -2.44. The number of hydrogen-bond donors (Lipinski definition) is 0. The van der Waals surface area contributed by atoms with Crippen LogP contribution in [0.25, 0.3) is 5.82 Å². The predicted octanol–water partition coefficient (Wildman–Crippen LogP) is 1.14. The standard InChI is InChI=1S/C14H17N5O2/c1-3-21-12-5-4-7-15-14(12)19-11-6-8-18(9-20)10(2)13(11)16-17-19/h4-5,7,9-10H,3,6,8H2,1-2H3. The van der Waals surface area contributed by atoms with Crippen LogP contribution in [-0.2, 0) is 11.2 Å². The molecular formula is C14H17N5O2. The molecule has 7 heteroatoms. The largest absolute Gasteiger partial charge is 0.490 e. The Labute approximate surface area is 122 Å². The van der Waals surface area contributed by atoms with Gasteiger partial charge < -0.3 is 9.64 Å². The lowest BCUT2D eigenvalue weighted by atomic mass is 10.1. The fraction of sp³-hybridized carbons (Fsp3) is 0.429. The average molecular weight is 287 g/mol. The molecular weight excluding hydrogens is 270 g/mol. The van der Waals surface area contributed by atoms with Gasteiger partial charge in [0, 0.05) is 19.2 Å². The third-order valence-electron chi connectivity index (χ3n) is 3.68. The Morgan fingerprint density at radius 1 is 1.52 bits per heavy atom. The first-order chi connectivity index (χ1) is 10.3. The second-order valence-electron chi connectivity index (χ2n) is 4.86. The monoisotopic (exact) mass is 287 g/mol. The van der Waals surface area contributed by atoms with E-state index in [9.17, 15) is 4.79 Å². The molecule has 3 heterocycles. The van der Waals surface area contributed by atoms with Crippen LogP contribution in [0.4, 0.5) is 0 Å². The van der Waals surface area contributed by atoms with Crippen LogP contribution in [0.15, 0.2) is 18.3 Å². The summed E-state index contributed by atoms with van der Waals surface area (Å²) in [4.78, 5) is 17.1. The lowest BCUT2D eigenvalue weighted by Gasteiger charge is -2.28. The van der Waals surface area contributed by atoms with Crippen LogP contribution in [0.1, 0.15) is 31.3 Å². The Balaban J connectivity index is 2.05. The van der Waals surface area contributed by atoms with Gasteiger partial charge in [-0.2, -0.15) is 4.68 Å². The molecule has 0 aromatic carbocycles. The van der Waals surface area contributed by atoms with E-state index in [-0.39, 0.29) is 6.04 Å². The van der Waals surface area contributed by atoms with Gasteiger partial charge in [0.1, 0.15) is 5.69 Å². The number of fused-ring (bicyclic) bond motifs is 1.